The van der Waals surface area contributed by atoms with E-state index >= 15 is 0 Å². The zero-order valence-electron chi connectivity index (χ0n) is 8.89. The van der Waals surface area contributed by atoms with E-state index < -0.39 is 0 Å². The molecule has 0 aromatic carbocycles. The Morgan fingerprint density at radius 3 is 2.42 bits per heavy atom. The minimum absolute atomic E-state index is 0.713. The fraction of sp³-hybridized carbons (Fsp3) is 1.00. The largest absolute Gasteiger partial charge is 0.316 e. The molecule has 74 valence electrons. The fourth-order valence-corrected chi connectivity index (χ4v) is 2.00. The van der Waals surface area contributed by atoms with Crippen LogP contribution in [0.15, 0.2) is 0 Å². The number of nitrogens with one attached hydrogen (secondary N) is 1. The van der Waals surface area contributed by atoms with Crippen molar-refractivity contribution < 1.29 is 0 Å². The van der Waals surface area contributed by atoms with Crippen LogP contribution in [0.4, 0.5) is 0 Å². The summed E-state index contributed by atoms with van der Waals surface area (Å²) in [4.78, 5) is 0. The van der Waals surface area contributed by atoms with Gasteiger partial charge in [-0.25, -0.2) is 0 Å². The molecule has 1 nitrogen and oxygen atoms in total. The van der Waals surface area contributed by atoms with Gasteiger partial charge in [-0.15, -0.1) is 0 Å². The zero-order valence-corrected chi connectivity index (χ0v) is 9.71. The number of hydrogen-bond acceptors (Lipinski definition) is 2. The van der Waals surface area contributed by atoms with Crippen molar-refractivity contribution in [3.05, 3.63) is 0 Å². The molecule has 0 fully saturated rings. The van der Waals surface area contributed by atoms with Crippen LogP contribution in [-0.4, -0.2) is 24.6 Å². The molecule has 0 saturated heterocycles. The molecule has 0 radical (unpaired) electrons. The number of thioether (sulfide) groups is 1. The molecule has 1 N–H and O–H groups in total. The van der Waals surface area contributed by atoms with Crippen molar-refractivity contribution in [3.63, 3.8) is 0 Å². The van der Waals surface area contributed by atoms with Crippen molar-refractivity contribution in [1.82, 2.24) is 5.32 Å². The summed E-state index contributed by atoms with van der Waals surface area (Å²) in [6.45, 7) is 6.83. The van der Waals surface area contributed by atoms with Gasteiger partial charge in [-0.2, -0.15) is 11.8 Å². The predicted octanol–water partition coefficient (Wildman–Crippen LogP) is 2.76. The maximum atomic E-state index is 3.38. The molecule has 0 amide bonds. The average Bonchev–Trinajstić information content (AvgIpc) is 2.11. The van der Waals surface area contributed by atoms with E-state index in [2.05, 4.69) is 33.1 Å². The van der Waals surface area contributed by atoms with Gasteiger partial charge in [0, 0.05) is 11.8 Å². The molecular formula is C10H23NS. The van der Waals surface area contributed by atoms with Gasteiger partial charge in [-0.3, -0.25) is 0 Å². The van der Waals surface area contributed by atoms with Gasteiger partial charge in [-0.05, 0) is 25.1 Å². The van der Waals surface area contributed by atoms with Crippen LogP contribution in [0.1, 0.15) is 33.6 Å². The van der Waals surface area contributed by atoms with Crippen LogP contribution in [0, 0.1) is 5.92 Å². The lowest BCUT2D eigenvalue weighted by Crippen LogP contribution is -2.29. The topological polar surface area (TPSA) is 12.0 Å². The van der Waals surface area contributed by atoms with Crippen LogP contribution in [0.2, 0.25) is 0 Å². The van der Waals surface area contributed by atoms with Crippen LogP contribution >= 0.6 is 11.8 Å². The second kappa shape index (κ2) is 7.93. The summed E-state index contributed by atoms with van der Waals surface area (Å²) in [6.07, 6.45) is 2.62. The van der Waals surface area contributed by atoms with Crippen LogP contribution in [0.3, 0.4) is 0 Å². The molecule has 2 unspecified atom stereocenters. The summed E-state index contributed by atoms with van der Waals surface area (Å²) in [5.74, 6) is 3.36. The first-order valence-corrected chi connectivity index (χ1v) is 6.15. The summed E-state index contributed by atoms with van der Waals surface area (Å²) < 4.78 is 0. The molecule has 0 aliphatic heterocycles. The summed E-state index contributed by atoms with van der Waals surface area (Å²) >= 11 is 2.03. The first-order valence-electron chi connectivity index (χ1n) is 4.99. The van der Waals surface area contributed by atoms with Gasteiger partial charge in [0.2, 0.25) is 0 Å². The second-order valence-corrected chi connectivity index (χ2v) is 4.71. The molecule has 0 aliphatic rings. The summed E-state index contributed by atoms with van der Waals surface area (Å²) in [5.41, 5.74) is 0. The zero-order chi connectivity index (χ0) is 9.40. The van der Waals surface area contributed by atoms with Crippen molar-refractivity contribution in [2.24, 2.45) is 5.92 Å². The Morgan fingerprint density at radius 2 is 2.00 bits per heavy atom. The van der Waals surface area contributed by atoms with Crippen molar-refractivity contribution in [3.8, 4) is 0 Å². The average molecular weight is 189 g/mol. The van der Waals surface area contributed by atoms with E-state index in [9.17, 15) is 0 Å². The summed E-state index contributed by atoms with van der Waals surface area (Å²) in [5, 5.41) is 3.38. The molecule has 0 rings (SSSR count). The van der Waals surface area contributed by atoms with Crippen LogP contribution in [-0.2, 0) is 0 Å². The highest BCUT2D eigenvalue weighted by molar-refractivity contribution is 7.99. The number of hydrogen-bond donors (Lipinski definition) is 1. The van der Waals surface area contributed by atoms with Gasteiger partial charge < -0.3 is 5.32 Å². The molecule has 0 aromatic heterocycles. The lowest BCUT2D eigenvalue weighted by Gasteiger charge is -2.18. The monoisotopic (exact) mass is 189 g/mol. The SMILES string of the molecule is CCSCC(CC(C)CC)NC. The van der Waals surface area contributed by atoms with Crippen LogP contribution in [0.25, 0.3) is 0 Å². The van der Waals surface area contributed by atoms with Gasteiger partial charge in [-0.1, -0.05) is 27.2 Å². The minimum Gasteiger partial charge on any atom is -0.316 e. The highest BCUT2D eigenvalue weighted by atomic mass is 32.2. The first kappa shape index (κ1) is 12.3. The molecule has 0 spiro atoms. The molecular weight excluding hydrogens is 166 g/mol. The van der Waals surface area contributed by atoms with E-state index in [1.165, 1.54) is 24.3 Å². The fourth-order valence-electron chi connectivity index (χ4n) is 1.18. The normalized spacial score (nSPS) is 16.0. The van der Waals surface area contributed by atoms with E-state index in [1.54, 1.807) is 0 Å². The van der Waals surface area contributed by atoms with Crippen molar-refractivity contribution >= 4 is 11.8 Å². The Labute approximate surface area is 81.7 Å². The molecule has 2 atom stereocenters. The Hall–Kier alpha value is 0.310. The van der Waals surface area contributed by atoms with Gasteiger partial charge >= 0.3 is 0 Å². The van der Waals surface area contributed by atoms with E-state index in [0.717, 1.165) is 5.92 Å². The molecule has 0 heterocycles. The Morgan fingerprint density at radius 1 is 1.33 bits per heavy atom. The lowest BCUT2D eigenvalue weighted by molar-refractivity contribution is 0.436. The molecule has 2 heteroatoms. The Kier molecular flexibility index (Phi) is 8.14. The molecule has 0 aromatic rings. The summed E-state index contributed by atoms with van der Waals surface area (Å²) in [6, 6.07) is 0.713. The highest BCUT2D eigenvalue weighted by Gasteiger charge is 2.09. The first-order chi connectivity index (χ1) is 5.74. The van der Waals surface area contributed by atoms with Crippen LogP contribution in [0.5, 0.6) is 0 Å². The van der Waals surface area contributed by atoms with Crippen LogP contribution < -0.4 is 5.32 Å². The Balaban J connectivity index is 3.51. The second-order valence-electron chi connectivity index (χ2n) is 3.39. The summed E-state index contributed by atoms with van der Waals surface area (Å²) in [7, 11) is 2.07. The third-order valence-electron chi connectivity index (χ3n) is 2.32. The highest BCUT2D eigenvalue weighted by Crippen LogP contribution is 2.13. The molecule has 0 saturated carbocycles. The maximum Gasteiger partial charge on any atom is 0.0157 e. The van der Waals surface area contributed by atoms with E-state index in [1.807, 2.05) is 11.8 Å². The standard InChI is InChI=1S/C10H23NS/c1-5-9(3)7-10(11-4)8-12-6-2/h9-11H,5-8H2,1-4H3. The molecule has 0 aliphatic carbocycles. The van der Waals surface area contributed by atoms with Gasteiger partial charge in [0.25, 0.3) is 0 Å². The van der Waals surface area contributed by atoms with Crippen molar-refractivity contribution in [2.75, 3.05) is 18.6 Å². The van der Waals surface area contributed by atoms with Crippen molar-refractivity contribution in [1.29, 1.82) is 0 Å². The Bertz CT molecular complexity index is 95.8. The third-order valence-corrected chi connectivity index (χ3v) is 3.36. The van der Waals surface area contributed by atoms with Crippen molar-refractivity contribution in [2.45, 2.75) is 39.7 Å². The molecule has 12 heavy (non-hydrogen) atoms. The lowest BCUT2D eigenvalue weighted by atomic mass is 10.0. The third kappa shape index (κ3) is 5.90. The smallest absolute Gasteiger partial charge is 0.0157 e. The predicted molar refractivity (Wildman–Crippen MR) is 59.9 cm³/mol. The molecule has 0 bridgehead atoms. The quantitative estimate of drug-likeness (QED) is 0.661. The van der Waals surface area contributed by atoms with Gasteiger partial charge in [0.15, 0.2) is 0 Å². The van der Waals surface area contributed by atoms with Gasteiger partial charge in [0.1, 0.15) is 0 Å². The number of rotatable bonds is 7. The van der Waals surface area contributed by atoms with E-state index in [0.29, 0.717) is 6.04 Å². The van der Waals surface area contributed by atoms with E-state index in [-0.39, 0.29) is 0 Å². The van der Waals surface area contributed by atoms with Gasteiger partial charge in [0.05, 0.1) is 0 Å². The minimum atomic E-state index is 0.713. The maximum absolute atomic E-state index is 3.38. The van der Waals surface area contributed by atoms with E-state index in [4.69, 9.17) is 0 Å².